The summed E-state index contributed by atoms with van der Waals surface area (Å²) in [7, 11) is 0. The third kappa shape index (κ3) is 10.8. The number of benzene rings is 6. The van der Waals surface area contributed by atoms with E-state index in [4.69, 9.17) is 9.98 Å². The van der Waals surface area contributed by atoms with Crippen molar-refractivity contribution in [2.75, 3.05) is 0 Å². The molecule has 234 valence electrons. The van der Waals surface area contributed by atoms with Gasteiger partial charge < -0.3 is 0 Å². The van der Waals surface area contributed by atoms with Crippen LogP contribution in [0.2, 0.25) is 0 Å². The van der Waals surface area contributed by atoms with Crippen molar-refractivity contribution in [2.45, 2.75) is 12.8 Å². The molecule has 47 heavy (non-hydrogen) atoms. The van der Waals surface area contributed by atoms with Crippen LogP contribution in [0.1, 0.15) is 44.7 Å². The number of Topliss-reactive ketones (excluding diaryl/α,β-unsaturated/α-hetero) is 2. The number of nitrogens with zero attached hydrogens (tertiary/aromatic N) is 2. The summed E-state index contributed by atoms with van der Waals surface area (Å²) < 4.78 is 0. The van der Waals surface area contributed by atoms with E-state index in [-0.39, 0.29) is 40.9 Å². The van der Waals surface area contributed by atoms with E-state index >= 15 is 0 Å². The number of aliphatic imine (C=N–C) groups is 2. The molecule has 0 unspecified atom stereocenters. The van der Waals surface area contributed by atoms with Gasteiger partial charge in [0.1, 0.15) is 0 Å². The average Bonchev–Trinajstić information content (AvgIpc) is 3.13. The van der Waals surface area contributed by atoms with Crippen LogP contribution in [0.3, 0.4) is 0 Å². The van der Waals surface area contributed by atoms with E-state index in [0.29, 0.717) is 11.1 Å². The summed E-state index contributed by atoms with van der Waals surface area (Å²) in [5.74, 6) is 0.147. The Morgan fingerprint density at radius 2 is 0.574 bits per heavy atom. The minimum absolute atomic E-state index is 0. The molecular weight excluding hydrogens is 623 g/mol. The fourth-order valence-corrected chi connectivity index (χ4v) is 4.75. The van der Waals surface area contributed by atoms with Gasteiger partial charge in [-0.25, -0.2) is 0 Å². The summed E-state index contributed by atoms with van der Waals surface area (Å²) in [6, 6.07) is 57.9. The number of ketones is 2. The smallest absolute Gasteiger partial charge is 0.168 e. The molecule has 0 heterocycles. The van der Waals surface area contributed by atoms with Gasteiger partial charge in [-0.05, 0) is 35.4 Å². The van der Waals surface area contributed by atoms with E-state index in [0.717, 1.165) is 33.9 Å². The number of rotatable bonds is 10. The summed E-state index contributed by atoms with van der Waals surface area (Å²) in [6.45, 7) is 0. The van der Waals surface area contributed by atoms with E-state index in [1.165, 1.54) is 0 Å². The summed E-state index contributed by atoms with van der Waals surface area (Å²) in [5.41, 5.74) is 6.64. The van der Waals surface area contributed by atoms with Gasteiger partial charge in [0, 0.05) is 27.6 Å². The van der Waals surface area contributed by atoms with Crippen LogP contribution < -0.4 is 0 Å². The van der Waals surface area contributed by atoms with E-state index < -0.39 is 0 Å². The first-order valence-corrected chi connectivity index (χ1v) is 15.2. The fraction of sp³-hybridized carbons (Fsp3) is 0.0476. The number of carbonyl (C=O) groups is 2. The molecule has 6 rings (SSSR count). The van der Waals surface area contributed by atoms with Crippen molar-refractivity contribution < 1.29 is 26.1 Å². The third-order valence-electron chi connectivity index (χ3n) is 7.10. The molecule has 0 fully saturated rings. The predicted octanol–water partition coefficient (Wildman–Crippen LogP) is 10.2. The van der Waals surface area contributed by atoms with E-state index in [9.17, 15) is 9.59 Å². The summed E-state index contributed by atoms with van der Waals surface area (Å²) >= 11 is 0. The number of hydrogen-bond donors (Lipinski definition) is 0. The summed E-state index contributed by atoms with van der Waals surface area (Å²) in [6.07, 6.45) is 0.561. The zero-order valence-electron chi connectivity index (χ0n) is 25.8. The number of para-hydroxylation sites is 2. The molecule has 0 saturated heterocycles. The van der Waals surface area contributed by atoms with Crippen LogP contribution in [-0.2, 0) is 16.5 Å². The second-order valence-corrected chi connectivity index (χ2v) is 10.5. The van der Waals surface area contributed by atoms with E-state index in [2.05, 4.69) is 0 Å². The van der Waals surface area contributed by atoms with Crippen molar-refractivity contribution >= 4 is 34.4 Å². The van der Waals surface area contributed by atoms with Crippen molar-refractivity contribution in [1.29, 1.82) is 0 Å². The van der Waals surface area contributed by atoms with Gasteiger partial charge in [0.2, 0.25) is 0 Å². The van der Waals surface area contributed by atoms with Crippen molar-refractivity contribution in [1.82, 2.24) is 0 Å². The maximum Gasteiger partial charge on any atom is 0.168 e. The largest absolute Gasteiger partial charge is 0.294 e. The van der Waals surface area contributed by atoms with Crippen LogP contribution in [0.25, 0.3) is 0 Å². The fourth-order valence-electron chi connectivity index (χ4n) is 4.75. The van der Waals surface area contributed by atoms with Crippen LogP contribution in [0.4, 0.5) is 11.4 Å². The molecule has 0 aliphatic heterocycles. The van der Waals surface area contributed by atoms with Gasteiger partial charge in [-0.1, -0.05) is 158 Å². The standard InChI is InChI=1S/2C21H17NO.Ni/c2*23-21(18-12-6-2-7-13-18)16-20(17-10-4-1-5-11-17)22-19-14-8-3-9-15-19;/h2*1-15H,16H2;. The van der Waals surface area contributed by atoms with Gasteiger partial charge in [0.15, 0.2) is 11.6 Å². The zero-order chi connectivity index (χ0) is 31.8. The Balaban J connectivity index is 0.000000208. The molecule has 5 heteroatoms. The Hall–Kier alpha value is -5.51. The molecule has 0 spiro atoms. The van der Waals surface area contributed by atoms with Gasteiger partial charge in [-0.3, -0.25) is 19.6 Å². The molecule has 0 saturated carbocycles. The number of hydrogen-bond acceptors (Lipinski definition) is 4. The Labute approximate surface area is 286 Å². The zero-order valence-corrected chi connectivity index (χ0v) is 26.7. The first kappa shape index (κ1) is 34.4. The minimum Gasteiger partial charge on any atom is -0.294 e. The predicted molar refractivity (Wildman–Crippen MR) is 189 cm³/mol. The molecule has 0 aliphatic carbocycles. The molecule has 6 aromatic rings. The van der Waals surface area contributed by atoms with E-state index in [1.807, 2.05) is 182 Å². The SMILES string of the molecule is O=C(CC(=Nc1ccccc1)c1ccccc1)c1ccccc1.O=C(CC(=Nc1ccccc1)c1ccccc1)c1ccccc1.[Ni]. The van der Waals surface area contributed by atoms with E-state index in [1.54, 1.807) is 0 Å². The van der Waals surface area contributed by atoms with Crippen LogP contribution >= 0.6 is 0 Å². The maximum absolute atomic E-state index is 12.5. The normalized spacial score (nSPS) is 11.0. The Morgan fingerprint density at radius 1 is 0.340 bits per heavy atom. The molecule has 0 radical (unpaired) electrons. The van der Waals surface area contributed by atoms with Crippen molar-refractivity contribution in [3.8, 4) is 0 Å². The molecule has 0 amide bonds. The van der Waals surface area contributed by atoms with Crippen molar-refractivity contribution in [3.05, 3.63) is 204 Å². The molecule has 0 N–H and O–H groups in total. The monoisotopic (exact) mass is 656 g/mol. The third-order valence-corrected chi connectivity index (χ3v) is 7.10. The molecular formula is C42H34N2NiO2. The Kier molecular flexibility index (Phi) is 13.5. The minimum atomic E-state index is 0. The van der Waals surface area contributed by atoms with Crippen molar-refractivity contribution in [3.63, 3.8) is 0 Å². The maximum atomic E-state index is 12.5. The van der Waals surface area contributed by atoms with Gasteiger partial charge >= 0.3 is 0 Å². The van der Waals surface area contributed by atoms with Gasteiger partial charge in [0.25, 0.3) is 0 Å². The first-order chi connectivity index (χ1) is 22.7. The van der Waals surface area contributed by atoms with Gasteiger partial charge in [-0.2, -0.15) is 0 Å². The summed E-state index contributed by atoms with van der Waals surface area (Å²) in [5, 5.41) is 0. The average molecular weight is 657 g/mol. The van der Waals surface area contributed by atoms with Crippen LogP contribution in [0, 0.1) is 0 Å². The topological polar surface area (TPSA) is 58.9 Å². The second kappa shape index (κ2) is 18.5. The molecule has 0 aliphatic rings. The van der Waals surface area contributed by atoms with Gasteiger partial charge in [-0.15, -0.1) is 0 Å². The molecule has 0 atom stereocenters. The van der Waals surface area contributed by atoms with Crippen LogP contribution in [0.15, 0.2) is 192 Å². The Bertz CT molecular complexity index is 1740. The summed E-state index contributed by atoms with van der Waals surface area (Å²) in [4.78, 5) is 34.5. The van der Waals surface area contributed by atoms with Crippen LogP contribution in [0.5, 0.6) is 0 Å². The molecule has 4 nitrogen and oxygen atoms in total. The van der Waals surface area contributed by atoms with Crippen LogP contribution in [-0.4, -0.2) is 23.0 Å². The quantitative estimate of drug-likeness (QED) is 0.0837. The molecule has 0 bridgehead atoms. The first-order valence-electron chi connectivity index (χ1n) is 15.2. The second-order valence-electron chi connectivity index (χ2n) is 10.5. The molecule has 6 aromatic carbocycles. The molecule has 0 aromatic heterocycles. The van der Waals surface area contributed by atoms with Gasteiger partial charge in [0.05, 0.1) is 35.6 Å². The Morgan fingerprint density at radius 3 is 0.851 bits per heavy atom. The van der Waals surface area contributed by atoms with Crippen molar-refractivity contribution in [2.24, 2.45) is 9.98 Å². The number of carbonyl (C=O) groups excluding carboxylic acids is 2.